The van der Waals surface area contributed by atoms with Crippen LogP contribution in [0.5, 0.6) is 0 Å². The summed E-state index contributed by atoms with van der Waals surface area (Å²) in [6.45, 7) is 4.81. The number of hydrogen-bond acceptors (Lipinski definition) is 6. The Morgan fingerprint density at radius 2 is 1.15 bits per heavy atom. The normalized spacial score (nSPS) is 12.3. The van der Waals surface area contributed by atoms with E-state index in [1.165, 1.54) is 0 Å². The molecule has 1 atom stereocenters. The zero-order valence-electron chi connectivity index (χ0n) is 29.6. The van der Waals surface area contributed by atoms with Crippen molar-refractivity contribution in [3.63, 3.8) is 0 Å². The Hall–Kier alpha value is -5.86. The number of esters is 1. The average molecular weight is 688 g/mol. The summed E-state index contributed by atoms with van der Waals surface area (Å²) in [6.07, 6.45) is 0. The quantitative estimate of drug-likeness (QED) is 0.0232. The number of nitrogens with two attached hydrogens (primary N) is 1. The zero-order chi connectivity index (χ0) is 36.2. The summed E-state index contributed by atoms with van der Waals surface area (Å²) in [5.74, 6) is 6.36. The minimum atomic E-state index is -0.902. The molecule has 262 valence electrons. The Morgan fingerprint density at radius 1 is 0.654 bits per heavy atom. The van der Waals surface area contributed by atoms with E-state index < -0.39 is 11.6 Å². The van der Waals surface area contributed by atoms with Gasteiger partial charge in [0.1, 0.15) is 24.0 Å². The summed E-state index contributed by atoms with van der Waals surface area (Å²) in [7, 11) is 0. The molecule has 5 N–H and O–H groups in total. The van der Waals surface area contributed by atoms with E-state index in [9.17, 15) is 4.79 Å². The molecule has 7 nitrogen and oxygen atoms in total. The van der Waals surface area contributed by atoms with Crippen LogP contribution in [0.2, 0.25) is 0 Å². The van der Waals surface area contributed by atoms with Gasteiger partial charge in [0, 0.05) is 12.1 Å². The van der Waals surface area contributed by atoms with Gasteiger partial charge in [0.25, 0.3) is 0 Å². The van der Waals surface area contributed by atoms with Crippen molar-refractivity contribution in [1.29, 1.82) is 0 Å². The maximum absolute atomic E-state index is 13.0. The van der Waals surface area contributed by atoms with Gasteiger partial charge in [-0.05, 0) is 44.9 Å². The van der Waals surface area contributed by atoms with Crippen LogP contribution in [0.25, 0.3) is 11.1 Å². The highest BCUT2D eigenvalue weighted by molar-refractivity contribution is 6.04. The lowest BCUT2D eigenvalue weighted by atomic mass is 9.77. The Balaban J connectivity index is 1.32. The molecular weight excluding hydrogens is 643 g/mol. The first-order valence-corrected chi connectivity index (χ1v) is 17.6. The topological polar surface area (TPSA) is 101 Å². The van der Waals surface area contributed by atoms with Gasteiger partial charge in [-0.15, -0.1) is 0 Å². The fourth-order valence-electron chi connectivity index (χ4n) is 6.50. The third kappa shape index (κ3) is 8.36. The smallest absolute Gasteiger partial charge is 0.323 e. The van der Waals surface area contributed by atoms with Crippen LogP contribution < -0.4 is 22.1 Å². The van der Waals surface area contributed by atoms with Gasteiger partial charge < -0.3 is 10.1 Å². The van der Waals surface area contributed by atoms with Gasteiger partial charge in [0.15, 0.2) is 0 Å². The fraction of sp³-hybridized carbons (Fsp3) is 0.156. The van der Waals surface area contributed by atoms with Crippen LogP contribution in [0.15, 0.2) is 175 Å². The lowest BCUT2D eigenvalue weighted by Gasteiger charge is -2.33. The first kappa shape index (κ1) is 35.9. The van der Waals surface area contributed by atoms with Crippen LogP contribution in [0.3, 0.4) is 0 Å². The largest absolute Gasteiger partial charge is 0.460 e. The number of benzene rings is 6. The average Bonchev–Trinajstić information content (AvgIpc) is 3.20. The molecule has 6 aromatic rings. The van der Waals surface area contributed by atoms with Gasteiger partial charge in [-0.25, -0.2) is 4.99 Å². The predicted octanol–water partition coefficient (Wildman–Crippen LogP) is 7.92. The van der Waals surface area contributed by atoms with E-state index in [-0.39, 0.29) is 18.5 Å². The maximum Gasteiger partial charge on any atom is 0.323 e. The molecular formula is C45H45N5O2. The molecule has 0 aliphatic carbocycles. The molecule has 0 radical (unpaired) electrons. The van der Waals surface area contributed by atoms with E-state index >= 15 is 0 Å². The summed E-state index contributed by atoms with van der Waals surface area (Å²) in [5.41, 5.74) is 12.9. The second-order valence-electron chi connectivity index (χ2n) is 13.0. The molecule has 0 saturated heterocycles. The monoisotopic (exact) mass is 687 g/mol. The third-order valence-corrected chi connectivity index (χ3v) is 9.16. The number of nitrogens with zero attached hydrogens (tertiary/aromatic N) is 1. The number of carbonyl (C=O) groups excluding carboxylic acids is 1. The predicted molar refractivity (Wildman–Crippen MR) is 210 cm³/mol. The zero-order valence-corrected chi connectivity index (χ0v) is 29.6. The van der Waals surface area contributed by atoms with Gasteiger partial charge in [0.05, 0.1) is 0 Å². The molecule has 0 amide bonds. The summed E-state index contributed by atoms with van der Waals surface area (Å²) < 4.78 is 5.66. The molecule has 0 aromatic heterocycles. The van der Waals surface area contributed by atoms with E-state index in [4.69, 9.17) is 15.6 Å². The van der Waals surface area contributed by atoms with Crippen molar-refractivity contribution in [3.8, 4) is 11.1 Å². The first-order chi connectivity index (χ1) is 25.5. The van der Waals surface area contributed by atoms with Gasteiger partial charge in [-0.1, -0.05) is 184 Å². The lowest BCUT2D eigenvalue weighted by Crippen LogP contribution is -2.44. The molecule has 7 heteroatoms. The molecule has 0 aliphatic heterocycles. The third-order valence-electron chi connectivity index (χ3n) is 9.16. The van der Waals surface area contributed by atoms with Gasteiger partial charge in [-0.3, -0.25) is 16.1 Å². The van der Waals surface area contributed by atoms with E-state index in [0.29, 0.717) is 12.4 Å². The minimum absolute atomic E-state index is 0.0607. The first-order valence-electron chi connectivity index (χ1n) is 17.6. The summed E-state index contributed by atoms with van der Waals surface area (Å²) in [5, 5.41) is 3.42. The maximum atomic E-state index is 13.0. The van der Waals surface area contributed by atoms with Crippen molar-refractivity contribution >= 4 is 11.8 Å². The number of hydrazine groups is 2. The fourth-order valence-corrected chi connectivity index (χ4v) is 6.50. The van der Waals surface area contributed by atoms with Crippen molar-refractivity contribution in [2.45, 2.75) is 38.6 Å². The van der Waals surface area contributed by atoms with Crippen molar-refractivity contribution < 1.29 is 9.53 Å². The lowest BCUT2D eigenvalue weighted by molar-refractivity contribution is -0.148. The van der Waals surface area contributed by atoms with Crippen LogP contribution >= 0.6 is 0 Å². The van der Waals surface area contributed by atoms with Crippen LogP contribution in [-0.4, -0.2) is 17.8 Å². The van der Waals surface area contributed by atoms with Gasteiger partial charge in [-0.2, -0.15) is 5.53 Å². The highest BCUT2D eigenvalue weighted by Gasteiger charge is 2.37. The second kappa shape index (κ2) is 17.4. The van der Waals surface area contributed by atoms with Crippen LogP contribution in [0.1, 0.15) is 47.2 Å². The summed E-state index contributed by atoms with van der Waals surface area (Å²) in [4.78, 5) is 18.6. The van der Waals surface area contributed by atoms with E-state index in [0.717, 1.165) is 44.5 Å². The SMILES string of the molecule is CC(C)C(NCc1ccc(-c2ccccc2C(=NC(c2ccccc2)(c2ccccc2)c2ccccc2)NNN)cc1)C(=O)OCc1ccccc1. The molecule has 0 aliphatic rings. The number of hydrogen-bond donors (Lipinski definition) is 4. The Kier molecular flexibility index (Phi) is 12.0. The number of aliphatic imine (C=N–C) groups is 1. The van der Waals surface area contributed by atoms with Crippen LogP contribution in [-0.2, 0) is 28.2 Å². The summed E-state index contributed by atoms with van der Waals surface area (Å²) in [6, 6.07) is 56.8. The molecule has 0 saturated carbocycles. The molecule has 1 unspecified atom stereocenters. The minimum Gasteiger partial charge on any atom is -0.460 e. The molecule has 0 fully saturated rings. The van der Waals surface area contributed by atoms with Crippen molar-refractivity contribution in [3.05, 3.63) is 203 Å². The molecule has 52 heavy (non-hydrogen) atoms. The molecule has 6 rings (SSSR count). The number of carbonyl (C=O) groups is 1. The molecule has 6 aromatic carbocycles. The number of nitrogens with one attached hydrogen (secondary N) is 3. The van der Waals surface area contributed by atoms with E-state index in [1.807, 2.05) is 117 Å². The second-order valence-corrected chi connectivity index (χ2v) is 13.0. The van der Waals surface area contributed by atoms with Crippen LogP contribution in [0.4, 0.5) is 0 Å². The van der Waals surface area contributed by atoms with E-state index in [1.54, 1.807) is 0 Å². The van der Waals surface area contributed by atoms with Crippen LogP contribution in [0, 0.1) is 5.92 Å². The van der Waals surface area contributed by atoms with E-state index in [2.05, 4.69) is 83.0 Å². The van der Waals surface area contributed by atoms with Crippen molar-refractivity contribution in [1.82, 2.24) is 16.3 Å². The Labute approximate surface area is 306 Å². The van der Waals surface area contributed by atoms with Crippen molar-refractivity contribution in [2.24, 2.45) is 16.8 Å². The van der Waals surface area contributed by atoms with Gasteiger partial charge in [0.2, 0.25) is 0 Å². The Bertz CT molecular complexity index is 1940. The molecule has 0 spiro atoms. The number of ether oxygens (including phenoxy) is 1. The Morgan fingerprint density at radius 3 is 1.67 bits per heavy atom. The highest BCUT2D eigenvalue weighted by Crippen LogP contribution is 2.41. The molecule has 0 bridgehead atoms. The van der Waals surface area contributed by atoms with Crippen molar-refractivity contribution in [2.75, 3.05) is 0 Å². The standard InChI is InChI=1S/C45H45N5O2/c1-33(2)42(44(51)52-32-35-17-7-3-8-18-35)47-31-34-27-29-36(30-28-34)40-25-15-16-26-41(40)43(49-50-46)48-45(37-19-9-4-10-20-37,38-21-11-5-12-22-38)39-23-13-6-14-24-39/h3-30,33,42,47,50H,31-32,46H2,1-2H3,(H,48,49). The summed E-state index contributed by atoms with van der Waals surface area (Å²) >= 11 is 0. The molecule has 0 heterocycles. The van der Waals surface area contributed by atoms with Gasteiger partial charge >= 0.3 is 5.97 Å². The number of rotatable bonds is 14. The number of amidine groups is 1. The highest BCUT2D eigenvalue weighted by atomic mass is 16.5.